The van der Waals surface area contributed by atoms with Gasteiger partial charge >= 0.3 is 0 Å². The van der Waals surface area contributed by atoms with Crippen LogP contribution in [0, 0.1) is 5.92 Å². The molecule has 1 aliphatic heterocycles. The second kappa shape index (κ2) is 7.64. The van der Waals surface area contributed by atoms with E-state index in [1.807, 2.05) is 25.1 Å². The van der Waals surface area contributed by atoms with Crippen LogP contribution < -0.4 is 10.2 Å². The fourth-order valence-electron chi connectivity index (χ4n) is 4.23. The van der Waals surface area contributed by atoms with E-state index in [1.165, 1.54) is 31.2 Å². The number of nitrogens with zero attached hydrogens (tertiary/aromatic N) is 1. The molecule has 4 heteroatoms. The predicted molar refractivity (Wildman–Crippen MR) is 111 cm³/mol. The number of carbonyl (C=O) groups is 1. The normalized spacial score (nSPS) is 21.7. The highest BCUT2D eigenvalue weighted by Gasteiger charge is 2.30. The number of allylic oxidation sites excluding steroid dienone is 1. The Morgan fingerprint density at radius 1 is 1.19 bits per heavy atom. The highest BCUT2D eigenvalue weighted by atomic mass is 35.5. The molecule has 0 aromatic heterocycles. The van der Waals surface area contributed by atoms with Crippen molar-refractivity contribution in [3.63, 3.8) is 0 Å². The van der Waals surface area contributed by atoms with Crippen LogP contribution in [0.5, 0.6) is 0 Å². The van der Waals surface area contributed by atoms with Gasteiger partial charge in [0.1, 0.15) is 0 Å². The third-order valence-electron chi connectivity index (χ3n) is 5.59. The maximum atomic E-state index is 13.0. The van der Waals surface area contributed by atoms with E-state index >= 15 is 0 Å². The molecule has 1 fully saturated rings. The number of benzene rings is 1. The van der Waals surface area contributed by atoms with Crippen molar-refractivity contribution in [2.45, 2.75) is 64.3 Å². The summed E-state index contributed by atoms with van der Waals surface area (Å²) in [6, 6.07) is 4.19. The molecule has 0 spiro atoms. The van der Waals surface area contributed by atoms with Gasteiger partial charge in [0.2, 0.25) is 0 Å². The minimum atomic E-state index is -0.0917. The monoisotopic (exact) mass is 374 g/mol. The number of hydrogen-bond acceptors (Lipinski definition) is 3. The minimum Gasteiger partial charge on any atom is -0.379 e. The molecule has 0 bridgehead atoms. The van der Waals surface area contributed by atoms with E-state index in [9.17, 15) is 4.79 Å². The van der Waals surface area contributed by atoms with Crippen molar-refractivity contribution in [1.29, 1.82) is 0 Å². The van der Waals surface area contributed by atoms with Crippen LogP contribution in [-0.2, 0) is 11.2 Å². The van der Waals surface area contributed by atoms with E-state index in [0.29, 0.717) is 0 Å². The molecule has 1 N–H and O–H groups in total. The van der Waals surface area contributed by atoms with Gasteiger partial charge in [-0.1, -0.05) is 37.3 Å². The highest BCUT2D eigenvalue weighted by molar-refractivity contribution is 6.33. The van der Waals surface area contributed by atoms with E-state index < -0.39 is 0 Å². The first-order valence-electron chi connectivity index (χ1n) is 9.81. The van der Waals surface area contributed by atoms with Crippen molar-refractivity contribution >= 4 is 28.8 Å². The van der Waals surface area contributed by atoms with Crippen molar-refractivity contribution < 1.29 is 4.79 Å². The molecule has 1 aromatic carbocycles. The molecular weight excluding hydrogens is 344 g/mol. The standard InChI is InChI=1S/C22H31ClN2O/c1-22(2)14-16-11-18(23)20(25(3)4)12-17(16)19(24-22)13-21(26)15-9-7-5-6-8-10-15/h11-13,15,24H,5-10,14H2,1-4H3/b19-13-. The molecule has 1 heterocycles. The average molecular weight is 375 g/mol. The largest absolute Gasteiger partial charge is 0.379 e. The molecule has 0 atom stereocenters. The number of anilines is 1. The summed E-state index contributed by atoms with van der Waals surface area (Å²) < 4.78 is 0. The maximum Gasteiger partial charge on any atom is 0.160 e. The summed E-state index contributed by atoms with van der Waals surface area (Å²) in [5.41, 5.74) is 4.17. The fraction of sp³-hybridized carbons (Fsp3) is 0.591. The Labute approximate surface area is 162 Å². The third kappa shape index (κ3) is 4.25. The van der Waals surface area contributed by atoms with Crippen LogP contribution in [0.3, 0.4) is 0 Å². The Morgan fingerprint density at radius 3 is 2.46 bits per heavy atom. The molecule has 3 nitrogen and oxygen atoms in total. The van der Waals surface area contributed by atoms with E-state index in [1.54, 1.807) is 0 Å². The number of halogens is 1. The van der Waals surface area contributed by atoms with Gasteiger partial charge in [0.25, 0.3) is 0 Å². The van der Waals surface area contributed by atoms with E-state index in [0.717, 1.165) is 41.2 Å². The number of ketones is 1. The van der Waals surface area contributed by atoms with Crippen LogP contribution in [0.1, 0.15) is 63.5 Å². The second-order valence-corrected chi connectivity index (χ2v) is 9.10. The smallest absolute Gasteiger partial charge is 0.160 e. The summed E-state index contributed by atoms with van der Waals surface area (Å²) >= 11 is 6.49. The van der Waals surface area contributed by atoms with Crippen molar-refractivity contribution in [2.75, 3.05) is 19.0 Å². The zero-order valence-corrected chi connectivity index (χ0v) is 17.2. The van der Waals surface area contributed by atoms with E-state index in [4.69, 9.17) is 11.6 Å². The molecule has 142 valence electrons. The van der Waals surface area contributed by atoms with E-state index in [-0.39, 0.29) is 17.2 Å². The summed E-state index contributed by atoms with van der Waals surface area (Å²) in [4.78, 5) is 15.0. The van der Waals surface area contributed by atoms with Crippen molar-refractivity contribution in [1.82, 2.24) is 5.32 Å². The van der Waals surface area contributed by atoms with Gasteiger partial charge in [-0.2, -0.15) is 0 Å². The number of carbonyl (C=O) groups excluding carboxylic acids is 1. The van der Waals surface area contributed by atoms with Gasteiger partial charge in [0.15, 0.2) is 5.78 Å². The van der Waals surface area contributed by atoms with Crippen molar-refractivity contribution in [3.8, 4) is 0 Å². The maximum absolute atomic E-state index is 13.0. The Hall–Kier alpha value is -1.48. The van der Waals surface area contributed by atoms with Gasteiger partial charge in [-0.3, -0.25) is 4.79 Å². The molecule has 2 aliphatic rings. The van der Waals surface area contributed by atoms with Gasteiger partial charge in [-0.25, -0.2) is 0 Å². The minimum absolute atomic E-state index is 0.0917. The first-order valence-corrected chi connectivity index (χ1v) is 10.2. The van der Waals surface area contributed by atoms with Crippen molar-refractivity contribution in [3.05, 3.63) is 34.4 Å². The summed E-state index contributed by atoms with van der Waals surface area (Å²) in [5.74, 6) is 0.459. The first-order chi connectivity index (χ1) is 12.3. The summed E-state index contributed by atoms with van der Waals surface area (Å²) in [6.07, 6.45) is 9.70. The predicted octanol–water partition coefficient (Wildman–Crippen LogP) is 5.21. The second-order valence-electron chi connectivity index (χ2n) is 8.69. The van der Waals surface area contributed by atoms with Gasteiger partial charge in [0, 0.05) is 42.9 Å². The Balaban J connectivity index is 1.98. The Kier molecular flexibility index (Phi) is 5.67. The van der Waals surface area contributed by atoms with Gasteiger partial charge in [-0.05, 0) is 50.8 Å². The fourth-order valence-corrected chi connectivity index (χ4v) is 4.59. The average Bonchev–Trinajstić information content (AvgIpc) is 2.82. The zero-order chi connectivity index (χ0) is 18.9. The summed E-state index contributed by atoms with van der Waals surface area (Å²) in [5, 5.41) is 4.36. The summed E-state index contributed by atoms with van der Waals surface area (Å²) in [7, 11) is 3.99. The van der Waals surface area contributed by atoms with Crippen LogP contribution in [0.2, 0.25) is 5.02 Å². The molecule has 0 amide bonds. The van der Waals surface area contributed by atoms with Gasteiger partial charge in [-0.15, -0.1) is 0 Å². The Bertz CT molecular complexity index is 713. The number of rotatable bonds is 3. The molecule has 1 aromatic rings. The van der Waals surface area contributed by atoms with Crippen molar-refractivity contribution in [2.24, 2.45) is 5.92 Å². The molecule has 1 aliphatic carbocycles. The molecule has 1 saturated carbocycles. The molecule has 0 radical (unpaired) electrons. The quantitative estimate of drug-likeness (QED) is 0.582. The lowest BCUT2D eigenvalue weighted by molar-refractivity contribution is -0.118. The third-order valence-corrected chi connectivity index (χ3v) is 5.90. The molecular formula is C22H31ClN2O. The number of hydrogen-bond donors (Lipinski definition) is 1. The SMILES string of the molecule is CN(C)c1cc2c(cc1Cl)CC(C)(C)N/C2=C\C(=O)C1CCCCCC1. The van der Waals surface area contributed by atoms with Crippen LogP contribution in [0.15, 0.2) is 18.2 Å². The molecule has 0 saturated heterocycles. The highest BCUT2D eigenvalue weighted by Crippen LogP contribution is 2.37. The lowest BCUT2D eigenvalue weighted by atomic mass is 9.84. The van der Waals surface area contributed by atoms with Gasteiger partial charge in [0.05, 0.1) is 10.7 Å². The lowest BCUT2D eigenvalue weighted by Crippen LogP contribution is -2.44. The molecule has 0 unspecified atom stereocenters. The van der Waals surface area contributed by atoms with E-state index in [2.05, 4.69) is 31.3 Å². The molecule has 26 heavy (non-hydrogen) atoms. The topological polar surface area (TPSA) is 32.3 Å². The lowest BCUT2D eigenvalue weighted by Gasteiger charge is -2.36. The van der Waals surface area contributed by atoms with Gasteiger partial charge < -0.3 is 10.2 Å². The van der Waals surface area contributed by atoms with Crippen LogP contribution >= 0.6 is 11.6 Å². The summed E-state index contributed by atoms with van der Waals surface area (Å²) in [6.45, 7) is 4.35. The Morgan fingerprint density at radius 2 is 1.85 bits per heavy atom. The number of fused-ring (bicyclic) bond motifs is 1. The van der Waals surface area contributed by atoms with Crippen LogP contribution in [0.25, 0.3) is 5.70 Å². The number of nitrogens with one attached hydrogen (secondary N) is 1. The van der Waals surface area contributed by atoms with Crippen LogP contribution in [0.4, 0.5) is 5.69 Å². The first kappa shape index (κ1) is 19.3. The zero-order valence-electron chi connectivity index (χ0n) is 16.5. The molecule has 3 rings (SSSR count). The van der Waals surface area contributed by atoms with Crippen LogP contribution in [-0.4, -0.2) is 25.4 Å².